The molecule has 1 aliphatic carbocycles. The number of carbonyl (C=O) groups is 2. The predicted octanol–water partition coefficient (Wildman–Crippen LogP) is 5.15. The molecule has 4 rings (SSSR count). The number of hydrogen-bond donors (Lipinski definition) is 4. The molecule has 2 heterocycles. The number of cyclic esters (lactones) is 1. The monoisotopic (exact) mass is 835 g/mol. The first kappa shape index (κ1) is 49.0. The Kier molecular flexibility index (Phi) is 17.4. The number of carbonyl (C=O) groups excluding carboxylic acids is 2. The first-order valence-electron chi connectivity index (χ1n) is 21.8. The van der Waals surface area contributed by atoms with Gasteiger partial charge in [0.2, 0.25) is 5.79 Å². The van der Waals surface area contributed by atoms with Crippen molar-refractivity contribution in [1.29, 1.82) is 0 Å². The van der Waals surface area contributed by atoms with Crippen LogP contribution in [0.4, 0.5) is 0 Å². The first-order valence-corrected chi connectivity index (χ1v) is 21.8. The molecule has 0 aromatic heterocycles. The Bertz CT molecular complexity index is 1510. The van der Waals surface area contributed by atoms with Crippen LogP contribution in [0.15, 0.2) is 35.5 Å². The van der Waals surface area contributed by atoms with Gasteiger partial charge in [-0.25, -0.2) is 0 Å². The standard InChI is InChI=1S/C45H74N2O12/c1-12-34-44(9,53)39(50)29(5)36(46-59-45(54-13-2)22-18-15-19-23-45)27(3)26-43(8,52)40(58-42-37(49)33(47(10)11)24-28(4)55-42)30(6)38(31(7)41(51)56-34)57-35(48)25-32-20-16-14-17-21-32/h14,16-17,20-21,27-31,33-34,37-40,42,49-50,52-53H,12-13,15,18-19,22-26H2,1-11H3/b46-36+/t27-,28+,29-,30-,31+,33-,34+,37+,38-,39+,40+,42-,43-,44+/m0/s1. The SMILES string of the molecule is CCOC1(O/N=C2\[C@@H](C)C[C@](C)(O)[C@H](O[C@@H]3O[C@H](C)C[C@H](N(C)C)[C@H]3O)[C@@H](C)[C@H](OC(=O)Cc3ccccc3)[C@@H](C)C(=O)O[C@H](CC)[C@@](C)(O)[C@H](O)[C@H]2C)CCCCC1. The minimum atomic E-state index is -1.97. The van der Waals surface area contributed by atoms with E-state index in [1.807, 2.05) is 58.0 Å². The van der Waals surface area contributed by atoms with Gasteiger partial charge in [-0.15, -0.1) is 0 Å². The van der Waals surface area contributed by atoms with Gasteiger partial charge in [0.25, 0.3) is 0 Å². The maximum atomic E-state index is 14.2. The van der Waals surface area contributed by atoms with Crippen LogP contribution in [0.1, 0.15) is 119 Å². The summed E-state index contributed by atoms with van der Waals surface area (Å²) in [6, 6.07) is 8.73. The third-order valence-electron chi connectivity index (χ3n) is 12.9. The summed E-state index contributed by atoms with van der Waals surface area (Å²) in [7, 11) is 3.73. The van der Waals surface area contributed by atoms with Crippen molar-refractivity contribution in [3.63, 3.8) is 0 Å². The van der Waals surface area contributed by atoms with Gasteiger partial charge < -0.3 is 53.8 Å². The summed E-state index contributed by atoms with van der Waals surface area (Å²) in [4.78, 5) is 36.2. The number of likely N-dealkylation sites (N-methyl/N-ethyl adjacent to an activating group) is 1. The summed E-state index contributed by atoms with van der Waals surface area (Å²) in [5.41, 5.74) is -2.70. The molecule has 59 heavy (non-hydrogen) atoms. The van der Waals surface area contributed by atoms with Crippen molar-refractivity contribution in [3.05, 3.63) is 35.9 Å². The Morgan fingerprint density at radius 3 is 2.20 bits per heavy atom. The molecule has 1 aromatic carbocycles. The topological polar surface area (TPSA) is 186 Å². The van der Waals surface area contributed by atoms with Crippen LogP contribution < -0.4 is 0 Å². The van der Waals surface area contributed by atoms with E-state index in [2.05, 4.69) is 0 Å². The number of nitrogens with zero attached hydrogens (tertiary/aromatic N) is 2. The van der Waals surface area contributed by atoms with Crippen LogP contribution in [0.5, 0.6) is 0 Å². The Morgan fingerprint density at radius 2 is 1.61 bits per heavy atom. The third kappa shape index (κ3) is 12.0. The molecule has 3 aliphatic rings. The number of rotatable bonds is 11. The highest BCUT2D eigenvalue weighted by molar-refractivity contribution is 5.89. The lowest BCUT2D eigenvalue weighted by molar-refractivity contribution is -0.299. The van der Waals surface area contributed by atoms with E-state index in [0.717, 1.165) is 19.3 Å². The lowest BCUT2D eigenvalue weighted by Crippen LogP contribution is -2.60. The Labute approximate surface area is 351 Å². The van der Waals surface area contributed by atoms with Gasteiger partial charge in [-0.1, -0.05) is 69.6 Å². The fraction of sp³-hybridized carbons (Fsp3) is 0.800. The molecule has 0 amide bonds. The first-order chi connectivity index (χ1) is 27.7. The lowest BCUT2D eigenvalue weighted by atomic mass is 9.73. The van der Waals surface area contributed by atoms with Gasteiger partial charge in [-0.3, -0.25) is 9.59 Å². The summed E-state index contributed by atoms with van der Waals surface area (Å²) in [5, 5.41) is 53.3. The largest absolute Gasteiger partial charge is 0.461 e. The molecule has 2 aliphatic heterocycles. The number of esters is 2. The smallest absolute Gasteiger partial charge is 0.312 e. The van der Waals surface area contributed by atoms with Crippen molar-refractivity contribution >= 4 is 17.7 Å². The van der Waals surface area contributed by atoms with E-state index in [9.17, 15) is 30.0 Å². The molecule has 0 spiro atoms. The summed E-state index contributed by atoms with van der Waals surface area (Å²) >= 11 is 0. The normalized spacial score (nSPS) is 39.6. The summed E-state index contributed by atoms with van der Waals surface area (Å²) in [6.07, 6.45) is -3.11. The molecule has 14 atom stereocenters. The van der Waals surface area contributed by atoms with Gasteiger partial charge >= 0.3 is 11.9 Å². The molecular formula is C45H74N2O12. The predicted molar refractivity (Wildman–Crippen MR) is 222 cm³/mol. The second kappa shape index (κ2) is 20.9. The van der Waals surface area contributed by atoms with Crippen LogP contribution in [0.2, 0.25) is 0 Å². The molecule has 14 nitrogen and oxygen atoms in total. The molecule has 0 radical (unpaired) electrons. The van der Waals surface area contributed by atoms with Crippen molar-refractivity contribution in [1.82, 2.24) is 4.90 Å². The van der Waals surface area contributed by atoms with Gasteiger partial charge in [0.05, 0.1) is 42.0 Å². The van der Waals surface area contributed by atoms with Crippen molar-refractivity contribution in [2.75, 3.05) is 20.7 Å². The second-order valence-corrected chi connectivity index (χ2v) is 18.2. The van der Waals surface area contributed by atoms with E-state index in [-0.39, 0.29) is 31.4 Å². The van der Waals surface area contributed by atoms with E-state index < -0.39 is 89.4 Å². The maximum absolute atomic E-state index is 14.2. The van der Waals surface area contributed by atoms with Crippen molar-refractivity contribution in [2.45, 2.75) is 186 Å². The van der Waals surface area contributed by atoms with Crippen LogP contribution in [-0.2, 0) is 44.5 Å². The molecule has 3 fully saturated rings. The Morgan fingerprint density at radius 1 is 0.966 bits per heavy atom. The Hall–Kier alpha value is -2.69. The quantitative estimate of drug-likeness (QED) is 0.130. The van der Waals surface area contributed by atoms with Crippen LogP contribution in [-0.4, -0.2) is 130 Å². The number of hydrogen-bond acceptors (Lipinski definition) is 14. The molecule has 1 saturated carbocycles. The number of aliphatic hydroxyl groups excluding tert-OH is 2. The van der Waals surface area contributed by atoms with Crippen LogP contribution in [0, 0.1) is 23.7 Å². The minimum absolute atomic E-state index is 0.0266. The van der Waals surface area contributed by atoms with Gasteiger partial charge in [0.1, 0.15) is 23.9 Å². The zero-order valence-corrected chi connectivity index (χ0v) is 37.3. The van der Waals surface area contributed by atoms with Crippen LogP contribution in [0.25, 0.3) is 0 Å². The van der Waals surface area contributed by atoms with Gasteiger partial charge in [0, 0.05) is 43.2 Å². The van der Waals surface area contributed by atoms with Crippen molar-refractivity contribution < 1.29 is 58.5 Å². The molecule has 14 heteroatoms. The Balaban J connectivity index is 1.87. The fourth-order valence-corrected chi connectivity index (χ4v) is 9.50. The maximum Gasteiger partial charge on any atom is 0.312 e. The van der Waals surface area contributed by atoms with E-state index in [1.165, 1.54) is 6.92 Å². The number of aliphatic hydroxyl groups is 4. The van der Waals surface area contributed by atoms with Crippen LogP contribution >= 0.6 is 0 Å². The molecule has 4 N–H and O–H groups in total. The van der Waals surface area contributed by atoms with E-state index in [0.29, 0.717) is 37.1 Å². The van der Waals surface area contributed by atoms with Crippen molar-refractivity contribution in [3.8, 4) is 0 Å². The highest BCUT2D eigenvalue weighted by Gasteiger charge is 2.52. The van der Waals surface area contributed by atoms with E-state index in [4.69, 9.17) is 33.7 Å². The van der Waals surface area contributed by atoms with E-state index in [1.54, 1.807) is 46.8 Å². The molecule has 0 bridgehead atoms. The number of benzene rings is 1. The zero-order valence-electron chi connectivity index (χ0n) is 37.3. The average Bonchev–Trinajstić information content (AvgIpc) is 3.18. The zero-order chi connectivity index (χ0) is 43.9. The van der Waals surface area contributed by atoms with Gasteiger partial charge in [-0.2, -0.15) is 0 Å². The van der Waals surface area contributed by atoms with Gasteiger partial charge in [0.15, 0.2) is 6.29 Å². The highest BCUT2D eigenvalue weighted by atomic mass is 16.8. The van der Waals surface area contributed by atoms with Crippen LogP contribution in [0.3, 0.4) is 0 Å². The summed E-state index contributed by atoms with van der Waals surface area (Å²) in [5.74, 6) is -5.88. The number of ether oxygens (including phenoxy) is 5. The lowest BCUT2D eigenvalue weighted by Gasteiger charge is -2.47. The second-order valence-electron chi connectivity index (χ2n) is 18.2. The molecule has 2 saturated heterocycles. The molecule has 336 valence electrons. The summed E-state index contributed by atoms with van der Waals surface area (Å²) < 4.78 is 31.4. The molecule has 0 unspecified atom stereocenters. The number of oxime groups is 1. The molecule has 1 aromatic rings. The molecular weight excluding hydrogens is 760 g/mol. The third-order valence-corrected chi connectivity index (χ3v) is 12.9. The fourth-order valence-electron chi connectivity index (χ4n) is 9.50. The van der Waals surface area contributed by atoms with Crippen molar-refractivity contribution in [2.24, 2.45) is 28.8 Å². The highest BCUT2D eigenvalue weighted by Crippen LogP contribution is 2.40. The average molecular weight is 835 g/mol. The van der Waals surface area contributed by atoms with Gasteiger partial charge in [-0.05, 0) is 86.4 Å². The van der Waals surface area contributed by atoms with E-state index >= 15 is 0 Å². The minimum Gasteiger partial charge on any atom is -0.461 e. The summed E-state index contributed by atoms with van der Waals surface area (Å²) in [6.45, 7) is 15.8.